The molecule has 4 nitrogen and oxygen atoms in total. The Morgan fingerprint density at radius 1 is 1.24 bits per heavy atom. The normalized spacial score (nSPS) is 11.7. The van der Waals surface area contributed by atoms with E-state index in [1.807, 2.05) is 6.92 Å². The van der Waals surface area contributed by atoms with E-state index in [2.05, 4.69) is 4.74 Å². The van der Waals surface area contributed by atoms with Gasteiger partial charge in [-0.15, -0.1) is 0 Å². The van der Waals surface area contributed by atoms with Gasteiger partial charge < -0.3 is 9.47 Å². The van der Waals surface area contributed by atoms with E-state index >= 15 is 0 Å². The van der Waals surface area contributed by atoms with E-state index in [4.69, 9.17) is 4.74 Å². The summed E-state index contributed by atoms with van der Waals surface area (Å²) in [6.45, 7) is 3.09. The molecule has 0 fully saturated rings. The predicted molar refractivity (Wildman–Crippen MR) is 62.8 cm³/mol. The second-order valence-corrected chi connectivity index (χ2v) is 3.65. The van der Waals surface area contributed by atoms with Gasteiger partial charge in [-0.05, 0) is 24.1 Å². The van der Waals surface area contributed by atoms with Crippen molar-refractivity contribution in [2.45, 2.75) is 26.2 Å². The Labute approximate surface area is 101 Å². The van der Waals surface area contributed by atoms with Crippen LogP contribution in [0.15, 0.2) is 24.3 Å². The first kappa shape index (κ1) is 13.2. The highest BCUT2D eigenvalue weighted by Crippen LogP contribution is 2.23. The number of hydrogen-bond acceptors (Lipinski definition) is 4. The van der Waals surface area contributed by atoms with Crippen LogP contribution in [0.4, 0.5) is 0 Å². The number of hydrogen-bond donors (Lipinski definition) is 0. The van der Waals surface area contributed by atoms with Crippen molar-refractivity contribution in [3.05, 3.63) is 29.8 Å². The Hall–Kier alpha value is -1.84. The van der Waals surface area contributed by atoms with Gasteiger partial charge in [0.25, 0.3) is 0 Å². The van der Waals surface area contributed by atoms with E-state index in [0.29, 0.717) is 6.42 Å². The molecule has 1 atom stereocenters. The van der Waals surface area contributed by atoms with Gasteiger partial charge in [0.1, 0.15) is 5.75 Å². The Bertz CT molecular complexity index is 394. The van der Waals surface area contributed by atoms with Crippen LogP contribution in [0.3, 0.4) is 0 Å². The standard InChI is InChI=1S/C13H16O4/c1-4-12(13(15)17-9(2)14)10-5-7-11(16-3)8-6-10/h5-8,12H,4H2,1-3H3. The summed E-state index contributed by atoms with van der Waals surface area (Å²) in [5.41, 5.74) is 0.819. The number of methoxy groups -OCH3 is 1. The molecule has 0 N–H and O–H groups in total. The number of benzene rings is 1. The minimum Gasteiger partial charge on any atom is -0.497 e. The third-order valence-corrected chi connectivity index (χ3v) is 2.46. The van der Waals surface area contributed by atoms with E-state index < -0.39 is 17.9 Å². The van der Waals surface area contributed by atoms with Crippen LogP contribution in [0, 0.1) is 0 Å². The maximum Gasteiger partial charge on any atom is 0.321 e. The quantitative estimate of drug-likeness (QED) is 0.594. The Kier molecular flexibility index (Phi) is 4.69. The number of carbonyl (C=O) groups excluding carboxylic acids is 2. The molecule has 1 aromatic rings. The summed E-state index contributed by atoms with van der Waals surface area (Å²) in [6.07, 6.45) is 0.582. The van der Waals surface area contributed by atoms with E-state index in [1.165, 1.54) is 6.92 Å². The Morgan fingerprint density at radius 3 is 2.24 bits per heavy atom. The summed E-state index contributed by atoms with van der Waals surface area (Å²) in [5.74, 6) is -0.777. The number of esters is 2. The highest BCUT2D eigenvalue weighted by atomic mass is 16.6. The van der Waals surface area contributed by atoms with Crippen molar-refractivity contribution in [2.75, 3.05) is 7.11 Å². The number of ether oxygens (including phenoxy) is 2. The Morgan fingerprint density at radius 2 is 1.82 bits per heavy atom. The molecule has 0 aromatic heterocycles. The van der Waals surface area contributed by atoms with Crippen LogP contribution in [0.25, 0.3) is 0 Å². The highest BCUT2D eigenvalue weighted by molar-refractivity contribution is 5.88. The minimum absolute atomic E-state index is 0.412. The van der Waals surface area contributed by atoms with E-state index in [0.717, 1.165) is 11.3 Å². The van der Waals surface area contributed by atoms with Gasteiger partial charge in [-0.2, -0.15) is 0 Å². The fourth-order valence-electron chi connectivity index (χ4n) is 1.59. The molecule has 4 heteroatoms. The fourth-order valence-corrected chi connectivity index (χ4v) is 1.59. The van der Waals surface area contributed by atoms with Crippen LogP contribution >= 0.6 is 0 Å². The number of rotatable bonds is 4. The third-order valence-electron chi connectivity index (χ3n) is 2.46. The SMILES string of the molecule is CCC(C(=O)OC(C)=O)c1ccc(OC)cc1. The average molecular weight is 236 g/mol. The van der Waals surface area contributed by atoms with Gasteiger partial charge in [0, 0.05) is 6.92 Å². The lowest BCUT2D eigenvalue weighted by Crippen LogP contribution is -2.17. The summed E-state index contributed by atoms with van der Waals surface area (Å²) in [6, 6.07) is 7.15. The van der Waals surface area contributed by atoms with Crippen LogP contribution in [0.2, 0.25) is 0 Å². The zero-order chi connectivity index (χ0) is 12.8. The van der Waals surface area contributed by atoms with Crippen LogP contribution in [0.1, 0.15) is 31.7 Å². The molecular weight excluding hydrogens is 220 g/mol. The zero-order valence-electron chi connectivity index (χ0n) is 10.2. The highest BCUT2D eigenvalue weighted by Gasteiger charge is 2.21. The van der Waals surface area contributed by atoms with Crippen LogP contribution in [0.5, 0.6) is 5.75 Å². The lowest BCUT2D eigenvalue weighted by atomic mass is 9.96. The molecule has 0 heterocycles. The summed E-state index contributed by atoms with van der Waals surface area (Å²) in [5, 5.41) is 0. The molecular formula is C13H16O4. The smallest absolute Gasteiger partial charge is 0.321 e. The van der Waals surface area contributed by atoms with Crippen molar-refractivity contribution in [2.24, 2.45) is 0 Å². The summed E-state index contributed by atoms with van der Waals surface area (Å²) in [7, 11) is 1.58. The molecule has 1 aromatic carbocycles. The summed E-state index contributed by atoms with van der Waals surface area (Å²) >= 11 is 0. The number of carbonyl (C=O) groups is 2. The van der Waals surface area contributed by atoms with Crippen LogP contribution in [-0.2, 0) is 14.3 Å². The molecule has 0 bridgehead atoms. The van der Waals surface area contributed by atoms with Gasteiger partial charge in [-0.25, -0.2) is 0 Å². The maximum absolute atomic E-state index is 11.7. The van der Waals surface area contributed by atoms with Gasteiger partial charge in [0.2, 0.25) is 0 Å². The molecule has 0 radical (unpaired) electrons. The molecule has 0 saturated heterocycles. The largest absolute Gasteiger partial charge is 0.497 e. The van der Waals surface area contributed by atoms with Gasteiger partial charge in [-0.3, -0.25) is 9.59 Å². The summed E-state index contributed by atoms with van der Waals surface area (Å²) < 4.78 is 9.64. The molecule has 1 unspecified atom stereocenters. The molecule has 0 aliphatic carbocycles. The predicted octanol–water partition coefficient (Wildman–Crippen LogP) is 2.28. The van der Waals surface area contributed by atoms with Crippen LogP contribution < -0.4 is 4.74 Å². The first-order valence-corrected chi connectivity index (χ1v) is 5.44. The second kappa shape index (κ2) is 6.03. The maximum atomic E-state index is 11.7. The van der Waals surface area contributed by atoms with Crippen molar-refractivity contribution in [1.29, 1.82) is 0 Å². The monoisotopic (exact) mass is 236 g/mol. The summed E-state index contributed by atoms with van der Waals surface area (Å²) in [4.78, 5) is 22.4. The third kappa shape index (κ3) is 3.59. The second-order valence-electron chi connectivity index (χ2n) is 3.65. The Balaban J connectivity index is 2.85. The van der Waals surface area contributed by atoms with Crippen molar-refractivity contribution in [1.82, 2.24) is 0 Å². The topological polar surface area (TPSA) is 52.6 Å². The molecule has 17 heavy (non-hydrogen) atoms. The molecule has 0 aliphatic rings. The van der Waals surface area contributed by atoms with Crippen molar-refractivity contribution in [3.8, 4) is 5.75 Å². The van der Waals surface area contributed by atoms with Gasteiger partial charge >= 0.3 is 11.9 Å². The fraction of sp³-hybridized carbons (Fsp3) is 0.385. The molecule has 0 saturated carbocycles. The molecule has 0 amide bonds. The zero-order valence-corrected chi connectivity index (χ0v) is 10.2. The molecule has 0 aliphatic heterocycles. The van der Waals surface area contributed by atoms with E-state index in [1.54, 1.807) is 31.4 Å². The lowest BCUT2D eigenvalue weighted by Gasteiger charge is -2.13. The first-order valence-electron chi connectivity index (χ1n) is 5.44. The van der Waals surface area contributed by atoms with E-state index in [9.17, 15) is 9.59 Å². The van der Waals surface area contributed by atoms with Crippen molar-refractivity contribution in [3.63, 3.8) is 0 Å². The van der Waals surface area contributed by atoms with Gasteiger partial charge in [0.05, 0.1) is 13.0 Å². The molecule has 0 spiro atoms. The minimum atomic E-state index is -0.582. The molecule has 92 valence electrons. The van der Waals surface area contributed by atoms with Gasteiger partial charge in [0.15, 0.2) is 0 Å². The average Bonchev–Trinajstić information content (AvgIpc) is 2.30. The van der Waals surface area contributed by atoms with Crippen molar-refractivity contribution < 1.29 is 19.1 Å². The molecule has 1 rings (SSSR count). The van der Waals surface area contributed by atoms with Gasteiger partial charge in [-0.1, -0.05) is 19.1 Å². The lowest BCUT2D eigenvalue weighted by molar-refractivity contribution is -0.159. The van der Waals surface area contributed by atoms with Crippen molar-refractivity contribution >= 4 is 11.9 Å². The van der Waals surface area contributed by atoms with E-state index in [-0.39, 0.29) is 0 Å². The first-order chi connectivity index (χ1) is 8.08. The van der Waals surface area contributed by atoms with Crippen LogP contribution in [-0.4, -0.2) is 19.0 Å².